The van der Waals surface area contributed by atoms with Crippen molar-refractivity contribution in [2.75, 3.05) is 38.7 Å². The fourth-order valence-electron chi connectivity index (χ4n) is 3.57. The zero-order valence-electron chi connectivity index (χ0n) is 16.5. The van der Waals surface area contributed by atoms with Crippen LogP contribution in [0.2, 0.25) is 0 Å². The molecule has 1 fully saturated rings. The summed E-state index contributed by atoms with van der Waals surface area (Å²) < 4.78 is 5.50. The molecular formula is C22H30N4O. The number of methoxy groups -OCH3 is 1. The van der Waals surface area contributed by atoms with E-state index in [0.29, 0.717) is 6.04 Å². The second-order valence-electron chi connectivity index (χ2n) is 6.99. The summed E-state index contributed by atoms with van der Waals surface area (Å²) in [6.07, 6.45) is 2.07. The number of hydrogen-bond acceptors (Lipinski definition) is 3. The third-order valence-corrected chi connectivity index (χ3v) is 4.97. The molecule has 0 amide bonds. The predicted molar refractivity (Wildman–Crippen MR) is 113 cm³/mol. The van der Waals surface area contributed by atoms with E-state index in [1.54, 1.807) is 7.11 Å². The highest BCUT2D eigenvalue weighted by Crippen LogP contribution is 2.30. The van der Waals surface area contributed by atoms with Gasteiger partial charge in [-0.3, -0.25) is 4.99 Å². The van der Waals surface area contributed by atoms with E-state index in [2.05, 4.69) is 63.8 Å². The third kappa shape index (κ3) is 5.16. The van der Waals surface area contributed by atoms with Crippen LogP contribution in [0.3, 0.4) is 0 Å². The summed E-state index contributed by atoms with van der Waals surface area (Å²) in [6.45, 7) is 4.95. The largest absolute Gasteiger partial charge is 0.495 e. The van der Waals surface area contributed by atoms with Gasteiger partial charge in [0.25, 0.3) is 0 Å². The van der Waals surface area contributed by atoms with E-state index in [1.807, 2.05) is 19.2 Å². The summed E-state index contributed by atoms with van der Waals surface area (Å²) in [6, 6.07) is 17.2. The number of nitrogens with zero attached hydrogens (tertiary/aromatic N) is 2. The molecule has 1 aliphatic rings. The zero-order valence-corrected chi connectivity index (χ0v) is 16.5. The van der Waals surface area contributed by atoms with Crippen molar-refractivity contribution in [3.8, 4) is 5.75 Å². The zero-order chi connectivity index (χ0) is 19.1. The van der Waals surface area contributed by atoms with Gasteiger partial charge in [-0.1, -0.05) is 42.0 Å². The topological polar surface area (TPSA) is 48.9 Å². The van der Waals surface area contributed by atoms with Gasteiger partial charge < -0.3 is 20.3 Å². The molecule has 1 heterocycles. The summed E-state index contributed by atoms with van der Waals surface area (Å²) in [5, 5.41) is 6.99. The number of nitrogens with one attached hydrogen (secondary N) is 2. The number of aliphatic imine (C=N–C) groups is 1. The lowest BCUT2D eigenvalue weighted by atomic mass is 10.1. The molecule has 0 bridgehead atoms. The van der Waals surface area contributed by atoms with Crippen LogP contribution in [-0.2, 0) is 6.42 Å². The van der Waals surface area contributed by atoms with E-state index < -0.39 is 0 Å². The maximum atomic E-state index is 5.50. The lowest BCUT2D eigenvalue weighted by Gasteiger charge is -2.22. The number of anilines is 1. The number of para-hydroxylation sites is 2. The van der Waals surface area contributed by atoms with Gasteiger partial charge in [-0.05, 0) is 37.5 Å². The second kappa shape index (κ2) is 9.31. The van der Waals surface area contributed by atoms with Gasteiger partial charge >= 0.3 is 0 Å². The first-order valence-corrected chi connectivity index (χ1v) is 9.60. The summed E-state index contributed by atoms with van der Waals surface area (Å²) in [7, 11) is 3.56. The maximum absolute atomic E-state index is 5.50. The van der Waals surface area contributed by atoms with Crippen molar-refractivity contribution in [3.05, 3.63) is 59.7 Å². The number of rotatable bonds is 6. The fraction of sp³-hybridized carbons (Fsp3) is 0.409. The molecule has 0 saturated carbocycles. The molecule has 0 spiro atoms. The van der Waals surface area contributed by atoms with E-state index in [1.165, 1.54) is 11.1 Å². The molecule has 2 aromatic carbocycles. The van der Waals surface area contributed by atoms with E-state index in [9.17, 15) is 0 Å². The minimum absolute atomic E-state index is 0.375. The van der Waals surface area contributed by atoms with Crippen molar-refractivity contribution in [3.63, 3.8) is 0 Å². The summed E-state index contributed by atoms with van der Waals surface area (Å²) in [4.78, 5) is 6.75. The molecule has 27 heavy (non-hydrogen) atoms. The quantitative estimate of drug-likeness (QED) is 0.610. The number of benzene rings is 2. The molecule has 0 aromatic heterocycles. The summed E-state index contributed by atoms with van der Waals surface area (Å²) in [5.74, 6) is 1.80. The third-order valence-electron chi connectivity index (χ3n) is 4.97. The molecule has 1 atom stereocenters. The van der Waals surface area contributed by atoms with Gasteiger partial charge in [0, 0.05) is 32.7 Å². The number of ether oxygens (including phenoxy) is 1. The smallest absolute Gasteiger partial charge is 0.191 e. The van der Waals surface area contributed by atoms with Gasteiger partial charge in [-0.2, -0.15) is 0 Å². The lowest BCUT2D eigenvalue weighted by Crippen LogP contribution is -2.45. The molecule has 0 aliphatic carbocycles. The molecular weight excluding hydrogens is 336 g/mol. The summed E-state index contributed by atoms with van der Waals surface area (Å²) in [5.41, 5.74) is 3.81. The highest BCUT2D eigenvalue weighted by Gasteiger charge is 2.25. The molecule has 5 nitrogen and oxygen atoms in total. The number of guanidine groups is 1. The Labute approximate surface area is 162 Å². The van der Waals surface area contributed by atoms with Crippen molar-refractivity contribution in [2.24, 2.45) is 4.99 Å². The van der Waals surface area contributed by atoms with Gasteiger partial charge in [-0.25, -0.2) is 0 Å². The molecule has 1 unspecified atom stereocenters. The Morgan fingerprint density at radius 1 is 1.22 bits per heavy atom. The predicted octanol–water partition coefficient (Wildman–Crippen LogP) is 2.99. The highest BCUT2D eigenvalue weighted by atomic mass is 16.5. The Morgan fingerprint density at radius 3 is 2.85 bits per heavy atom. The Hall–Kier alpha value is -2.69. The second-order valence-corrected chi connectivity index (χ2v) is 6.99. The van der Waals surface area contributed by atoms with Crippen LogP contribution in [0, 0.1) is 6.92 Å². The number of aryl methyl sites for hydroxylation is 1. The Kier molecular flexibility index (Phi) is 6.58. The van der Waals surface area contributed by atoms with Gasteiger partial charge in [0.1, 0.15) is 5.75 Å². The van der Waals surface area contributed by atoms with Crippen molar-refractivity contribution in [1.29, 1.82) is 0 Å². The normalized spacial score (nSPS) is 17.1. The van der Waals surface area contributed by atoms with Crippen LogP contribution in [-0.4, -0.2) is 45.8 Å². The first kappa shape index (κ1) is 19.1. The first-order chi connectivity index (χ1) is 13.2. The average Bonchev–Trinajstić information content (AvgIpc) is 3.15. The van der Waals surface area contributed by atoms with Crippen molar-refractivity contribution < 1.29 is 4.74 Å². The lowest BCUT2D eigenvalue weighted by molar-refractivity contribution is 0.415. The first-order valence-electron chi connectivity index (χ1n) is 9.60. The minimum atomic E-state index is 0.375. The van der Waals surface area contributed by atoms with Crippen LogP contribution in [0.15, 0.2) is 53.5 Å². The number of hydrogen-bond donors (Lipinski definition) is 2. The van der Waals surface area contributed by atoms with E-state index >= 15 is 0 Å². The van der Waals surface area contributed by atoms with Gasteiger partial charge in [0.2, 0.25) is 0 Å². The van der Waals surface area contributed by atoms with Crippen molar-refractivity contribution in [1.82, 2.24) is 10.6 Å². The van der Waals surface area contributed by atoms with Crippen molar-refractivity contribution >= 4 is 11.6 Å². The fourth-order valence-corrected chi connectivity index (χ4v) is 3.57. The van der Waals surface area contributed by atoms with Gasteiger partial charge in [-0.15, -0.1) is 0 Å². The van der Waals surface area contributed by atoms with Gasteiger partial charge in [0.15, 0.2) is 5.96 Å². The molecule has 0 radical (unpaired) electrons. The minimum Gasteiger partial charge on any atom is -0.495 e. The van der Waals surface area contributed by atoms with Crippen LogP contribution in [0.1, 0.15) is 17.5 Å². The van der Waals surface area contributed by atoms with Crippen LogP contribution in [0.25, 0.3) is 0 Å². The van der Waals surface area contributed by atoms with Gasteiger partial charge in [0.05, 0.1) is 12.8 Å². The SMILES string of the molecule is CN=C(NCCc1cccc(C)c1)NC1CCN(c2ccccc2OC)C1. The molecule has 1 saturated heterocycles. The van der Waals surface area contributed by atoms with E-state index in [0.717, 1.165) is 49.9 Å². The standard InChI is InChI=1S/C22H30N4O/c1-17-7-6-8-18(15-17)11-13-24-22(23-2)25-19-12-14-26(16-19)20-9-4-5-10-21(20)27-3/h4-10,15,19H,11-14,16H2,1-3H3,(H2,23,24,25). The Balaban J connectivity index is 1.49. The Morgan fingerprint density at radius 2 is 2.07 bits per heavy atom. The monoisotopic (exact) mass is 366 g/mol. The van der Waals surface area contributed by atoms with E-state index in [4.69, 9.17) is 4.74 Å². The molecule has 3 rings (SSSR count). The van der Waals surface area contributed by atoms with Crippen molar-refractivity contribution in [2.45, 2.75) is 25.8 Å². The molecule has 1 aliphatic heterocycles. The molecule has 5 heteroatoms. The van der Waals surface area contributed by atoms with Crippen LogP contribution >= 0.6 is 0 Å². The Bertz CT molecular complexity index is 774. The maximum Gasteiger partial charge on any atom is 0.191 e. The van der Waals surface area contributed by atoms with E-state index in [-0.39, 0.29) is 0 Å². The highest BCUT2D eigenvalue weighted by molar-refractivity contribution is 5.80. The van der Waals surface area contributed by atoms with Crippen LogP contribution < -0.4 is 20.3 Å². The van der Waals surface area contributed by atoms with Crippen LogP contribution in [0.4, 0.5) is 5.69 Å². The molecule has 144 valence electrons. The molecule has 2 aromatic rings. The summed E-state index contributed by atoms with van der Waals surface area (Å²) >= 11 is 0. The average molecular weight is 367 g/mol. The molecule has 2 N–H and O–H groups in total. The van der Waals surface area contributed by atoms with Crippen LogP contribution in [0.5, 0.6) is 5.75 Å².